The van der Waals surface area contributed by atoms with Gasteiger partial charge in [-0.3, -0.25) is 14.8 Å². The second kappa shape index (κ2) is 6.16. The fourth-order valence-electron chi connectivity index (χ4n) is 1.45. The second-order valence-electron chi connectivity index (χ2n) is 4.45. The standard InChI is InChI=1S/C13H18N2O3/c1-8(2)12(16)14-9(3)10-4-6-11(7-5-10)13(17)15-18/h4-9,18H,1-3H3,(H,14,16)(H,15,17). The van der Waals surface area contributed by atoms with Gasteiger partial charge in [0.25, 0.3) is 5.91 Å². The minimum atomic E-state index is -0.555. The van der Waals surface area contributed by atoms with Gasteiger partial charge in [0.05, 0.1) is 6.04 Å². The van der Waals surface area contributed by atoms with Crippen molar-refractivity contribution in [3.8, 4) is 0 Å². The van der Waals surface area contributed by atoms with Crippen LogP contribution in [0.15, 0.2) is 24.3 Å². The van der Waals surface area contributed by atoms with Crippen molar-refractivity contribution >= 4 is 11.8 Å². The highest BCUT2D eigenvalue weighted by Gasteiger charge is 2.12. The van der Waals surface area contributed by atoms with Gasteiger partial charge in [0.1, 0.15) is 0 Å². The third-order valence-electron chi connectivity index (χ3n) is 2.66. The molecule has 1 atom stereocenters. The minimum absolute atomic E-state index is 0.0142. The zero-order valence-electron chi connectivity index (χ0n) is 10.7. The molecule has 1 unspecified atom stereocenters. The summed E-state index contributed by atoms with van der Waals surface area (Å²) in [6.07, 6.45) is 0. The predicted octanol–water partition coefficient (Wildman–Crippen LogP) is 1.64. The first-order valence-corrected chi connectivity index (χ1v) is 5.80. The number of nitrogens with one attached hydrogen (secondary N) is 2. The SMILES string of the molecule is CC(C)C(=O)NC(C)c1ccc(C(=O)NO)cc1. The molecule has 5 nitrogen and oxygen atoms in total. The van der Waals surface area contributed by atoms with Gasteiger partial charge in [-0.25, -0.2) is 5.48 Å². The highest BCUT2D eigenvalue weighted by molar-refractivity contribution is 5.93. The molecule has 0 spiro atoms. The number of hydrogen-bond acceptors (Lipinski definition) is 3. The van der Waals surface area contributed by atoms with Crippen molar-refractivity contribution < 1.29 is 14.8 Å². The van der Waals surface area contributed by atoms with Gasteiger partial charge < -0.3 is 5.32 Å². The Morgan fingerprint density at radius 1 is 1.11 bits per heavy atom. The molecule has 0 aromatic heterocycles. The Labute approximate surface area is 106 Å². The van der Waals surface area contributed by atoms with Gasteiger partial charge in [-0.2, -0.15) is 0 Å². The predicted molar refractivity (Wildman–Crippen MR) is 67.1 cm³/mol. The summed E-state index contributed by atoms with van der Waals surface area (Å²) < 4.78 is 0. The van der Waals surface area contributed by atoms with Gasteiger partial charge in [-0.1, -0.05) is 26.0 Å². The van der Waals surface area contributed by atoms with E-state index in [1.807, 2.05) is 20.8 Å². The third-order valence-corrected chi connectivity index (χ3v) is 2.66. The molecule has 0 radical (unpaired) electrons. The molecule has 0 aliphatic rings. The molecular formula is C13H18N2O3. The maximum Gasteiger partial charge on any atom is 0.274 e. The summed E-state index contributed by atoms with van der Waals surface area (Å²) in [6, 6.07) is 6.56. The lowest BCUT2D eigenvalue weighted by atomic mass is 10.0. The van der Waals surface area contributed by atoms with Crippen LogP contribution in [0.1, 0.15) is 42.7 Å². The summed E-state index contributed by atoms with van der Waals surface area (Å²) in [5.41, 5.74) is 2.83. The first kappa shape index (κ1) is 14.2. The van der Waals surface area contributed by atoms with Gasteiger partial charge in [0.2, 0.25) is 5.91 Å². The molecule has 1 aromatic rings. The molecule has 0 saturated heterocycles. The highest BCUT2D eigenvalue weighted by atomic mass is 16.5. The molecule has 1 rings (SSSR count). The van der Waals surface area contributed by atoms with Crippen molar-refractivity contribution in [1.29, 1.82) is 0 Å². The molecule has 0 aliphatic carbocycles. The van der Waals surface area contributed by atoms with Crippen molar-refractivity contribution in [2.75, 3.05) is 0 Å². The zero-order chi connectivity index (χ0) is 13.7. The van der Waals surface area contributed by atoms with E-state index in [2.05, 4.69) is 5.32 Å². The van der Waals surface area contributed by atoms with E-state index < -0.39 is 5.91 Å². The normalized spacial score (nSPS) is 12.1. The van der Waals surface area contributed by atoms with E-state index in [1.165, 1.54) is 0 Å². The van der Waals surface area contributed by atoms with E-state index in [0.29, 0.717) is 5.56 Å². The Morgan fingerprint density at radius 3 is 2.11 bits per heavy atom. The van der Waals surface area contributed by atoms with Gasteiger partial charge in [0.15, 0.2) is 0 Å². The Balaban J connectivity index is 2.73. The number of carbonyl (C=O) groups excluding carboxylic acids is 2. The summed E-state index contributed by atoms with van der Waals surface area (Å²) in [4.78, 5) is 22.7. The number of hydrogen-bond donors (Lipinski definition) is 3. The van der Waals surface area contributed by atoms with Crippen LogP contribution in [0.25, 0.3) is 0 Å². The Bertz CT molecular complexity index is 426. The Kier molecular flexibility index (Phi) is 4.85. The highest BCUT2D eigenvalue weighted by Crippen LogP contribution is 2.14. The Morgan fingerprint density at radius 2 is 1.67 bits per heavy atom. The first-order valence-electron chi connectivity index (χ1n) is 5.80. The molecule has 0 heterocycles. The first-order chi connectivity index (χ1) is 8.45. The number of rotatable bonds is 4. The van der Waals surface area contributed by atoms with Crippen LogP contribution in [0.3, 0.4) is 0 Å². The molecule has 98 valence electrons. The monoisotopic (exact) mass is 250 g/mol. The summed E-state index contributed by atoms with van der Waals surface area (Å²) >= 11 is 0. The van der Waals surface area contributed by atoms with Crippen molar-refractivity contribution in [1.82, 2.24) is 10.8 Å². The lowest BCUT2D eigenvalue weighted by molar-refractivity contribution is -0.124. The quantitative estimate of drug-likeness (QED) is 0.561. The van der Waals surface area contributed by atoms with E-state index in [9.17, 15) is 9.59 Å². The van der Waals surface area contributed by atoms with E-state index in [0.717, 1.165) is 5.56 Å². The van der Waals surface area contributed by atoms with Crippen LogP contribution >= 0.6 is 0 Å². The number of hydroxylamine groups is 1. The minimum Gasteiger partial charge on any atom is -0.349 e. The van der Waals surface area contributed by atoms with Gasteiger partial charge in [-0.15, -0.1) is 0 Å². The maximum atomic E-state index is 11.5. The number of amides is 2. The van der Waals surface area contributed by atoms with Crippen LogP contribution < -0.4 is 10.8 Å². The van der Waals surface area contributed by atoms with Gasteiger partial charge in [-0.05, 0) is 24.6 Å². The molecule has 1 aromatic carbocycles. The third kappa shape index (κ3) is 3.56. The molecule has 0 saturated carbocycles. The van der Waals surface area contributed by atoms with E-state index in [4.69, 9.17) is 5.21 Å². The van der Waals surface area contributed by atoms with E-state index in [1.54, 1.807) is 29.7 Å². The fraction of sp³-hybridized carbons (Fsp3) is 0.385. The molecule has 5 heteroatoms. The summed E-state index contributed by atoms with van der Waals surface area (Å²) in [7, 11) is 0. The van der Waals surface area contributed by atoms with Crippen LogP contribution in [-0.4, -0.2) is 17.0 Å². The molecule has 0 bridgehead atoms. The van der Waals surface area contributed by atoms with Crippen molar-refractivity contribution in [2.24, 2.45) is 5.92 Å². The lowest BCUT2D eigenvalue weighted by Crippen LogP contribution is -2.30. The molecule has 3 N–H and O–H groups in total. The molecule has 0 fully saturated rings. The summed E-state index contributed by atoms with van der Waals surface area (Å²) in [5.74, 6) is -0.632. The van der Waals surface area contributed by atoms with Gasteiger partial charge >= 0.3 is 0 Å². The van der Waals surface area contributed by atoms with Crippen molar-refractivity contribution in [3.63, 3.8) is 0 Å². The van der Waals surface area contributed by atoms with E-state index >= 15 is 0 Å². The van der Waals surface area contributed by atoms with Crippen molar-refractivity contribution in [3.05, 3.63) is 35.4 Å². The number of benzene rings is 1. The number of carbonyl (C=O) groups is 2. The lowest BCUT2D eigenvalue weighted by Gasteiger charge is -2.16. The average Bonchev–Trinajstić information content (AvgIpc) is 2.37. The van der Waals surface area contributed by atoms with E-state index in [-0.39, 0.29) is 17.9 Å². The molecule has 18 heavy (non-hydrogen) atoms. The van der Waals surface area contributed by atoms with Crippen LogP contribution in [0.2, 0.25) is 0 Å². The zero-order valence-corrected chi connectivity index (χ0v) is 10.7. The largest absolute Gasteiger partial charge is 0.349 e. The van der Waals surface area contributed by atoms with Gasteiger partial charge in [0, 0.05) is 11.5 Å². The second-order valence-corrected chi connectivity index (χ2v) is 4.45. The molecule has 0 aliphatic heterocycles. The van der Waals surface area contributed by atoms with Crippen LogP contribution in [0, 0.1) is 5.92 Å². The molecule has 2 amide bonds. The summed E-state index contributed by atoms with van der Waals surface area (Å²) in [5, 5.41) is 11.4. The summed E-state index contributed by atoms with van der Waals surface area (Å²) in [6.45, 7) is 5.54. The smallest absolute Gasteiger partial charge is 0.274 e. The molecular weight excluding hydrogens is 232 g/mol. The average molecular weight is 250 g/mol. The fourth-order valence-corrected chi connectivity index (χ4v) is 1.45. The maximum absolute atomic E-state index is 11.5. The van der Waals surface area contributed by atoms with Crippen LogP contribution in [0.5, 0.6) is 0 Å². The van der Waals surface area contributed by atoms with Crippen LogP contribution in [-0.2, 0) is 4.79 Å². The topological polar surface area (TPSA) is 78.4 Å². The Hall–Kier alpha value is -1.88. The van der Waals surface area contributed by atoms with Crippen molar-refractivity contribution in [2.45, 2.75) is 26.8 Å². The van der Waals surface area contributed by atoms with Crippen LogP contribution in [0.4, 0.5) is 0 Å².